The van der Waals surface area contributed by atoms with E-state index in [1.165, 1.54) is 0 Å². The van der Waals surface area contributed by atoms with Crippen LogP contribution in [0.2, 0.25) is 5.02 Å². The van der Waals surface area contributed by atoms with Gasteiger partial charge in [-0.3, -0.25) is 0 Å². The Balaban J connectivity index is 2.08. The third kappa shape index (κ3) is 4.20. The van der Waals surface area contributed by atoms with Gasteiger partial charge < -0.3 is 10.1 Å². The maximum Gasteiger partial charge on any atom is 0.238 e. The van der Waals surface area contributed by atoms with Crippen LogP contribution in [0, 0.1) is 0 Å². The van der Waals surface area contributed by atoms with Gasteiger partial charge in [0.15, 0.2) is 0 Å². The monoisotopic (exact) mass is 354 g/mol. The predicted octanol–water partition coefficient (Wildman–Crippen LogP) is 4.79. The molecule has 2 rings (SSSR count). The molecule has 0 aliphatic heterocycles. The van der Waals surface area contributed by atoms with Gasteiger partial charge in [0.25, 0.3) is 0 Å². The summed E-state index contributed by atoms with van der Waals surface area (Å²) in [6.07, 6.45) is 2.88. The van der Waals surface area contributed by atoms with Crippen LogP contribution in [0.15, 0.2) is 41.0 Å². The number of nitrogens with one attached hydrogen (secondary N) is 1. The summed E-state index contributed by atoms with van der Waals surface area (Å²) in [7, 11) is 0. The van der Waals surface area contributed by atoms with Gasteiger partial charge in [0.05, 0.1) is 4.47 Å². The van der Waals surface area contributed by atoms with Gasteiger partial charge in [0.1, 0.15) is 10.8 Å². The number of benzene rings is 1. The number of aromatic nitrogens is 1. The molecule has 0 saturated heterocycles. The highest BCUT2D eigenvalue weighted by Crippen LogP contribution is 2.32. The molecule has 0 aliphatic carbocycles. The fourth-order valence-corrected chi connectivity index (χ4v) is 2.27. The topological polar surface area (TPSA) is 34.2 Å². The number of hydrogen-bond donors (Lipinski definition) is 1. The molecule has 0 fully saturated rings. The summed E-state index contributed by atoms with van der Waals surface area (Å²) in [5.74, 6) is 1.11. The zero-order valence-electron chi connectivity index (χ0n) is 11.2. The van der Waals surface area contributed by atoms with Crippen LogP contribution in [0.3, 0.4) is 0 Å². The highest BCUT2D eigenvalue weighted by Gasteiger charge is 2.08. The molecule has 5 heteroatoms. The maximum atomic E-state index is 6.21. The van der Waals surface area contributed by atoms with Gasteiger partial charge in [-0.25, -0.2) is 4.98 Å². The molecular formula is C15H16BrClN2O. The van der Waals surface area contributed by atoms with Crippen LogP contribution in [0.5, 0.6) is 11.6 Å². The van der Waals surface area contributed by atoms with E-state index in [1.807, 2.05) is 30.3 Å². The van der Waals surface area contributed by atoms with E-state index >= 15 is 0 Å². The Morgan fingerprint density at radius 3 is 2.85 bits per heavy atom. The van der Waals surface area contributed by atoms with E-state index in [4.69, 9.17) is 16.3 Å². The van der Waals surface area contributed by atoms with Crippen LogP contribution in [-0.2, 0) is 6.54 Å². The molecule has 0 saturated carbocycles. The third-order valence-corrected chi connectivity index (χ3v) is 3.59. The SMILES string of the molecule is CCCNCc1cnc(Oc2ccccc2Br)c(Cl)c1. The van der Waals surface area contributed by atoms with Crippen molar-refractivity contribution in [2.24, 2.45) is 0 Å². The van der Waals surface area contributed by atoms with Gasteiger partial charge in [0.2, 0.25) is 5.88 Å². The van der Waals surface area contributed by atoms with E-state index in [-0.39, 0.29) is 0 Å². The first-order chi connectivity index (χ1) is 9.70. The maximum absolute atomic E-state index is 6.21. The van der Waals surface area contributed by atoms with Crippen LogP contribution < -0.4 is 10.1 Å². The largest absolute Gasteiger partial charge is 0.436 e. The first kappa shape index (κ1) is 15.3. The average Bonchev–Trinajstić information content (AvgIpc) is 2.44. The molecular weight excluding hydrogens is 340 g/mol. The predicted molar refractivity (Wildman–Crippen MR) is 85.5 cm³/mol. The van der Waals surface area contributed by atoms with Crippen molar-refractivity contribution >= 4 is 27.5 Å². The van der Waals surface area contributed by atoms with Crippen LogP contribution >= 0.6 is 27.5 Å². The summed E-state index contributed by atoms with van der Waals surface area (Å²) < 4.78 is 6.58. The zero-order valence-corrected chi connectivity index (χ0v) is 13.5. The van der Waals surface area contributed by atoms with Crippen molar-refractivity contribution in [2.45, 2.75) is 19.9 Å². The van der Waals surface area contributed by atoms with Gasteiger partial charge >= 0.3 is 0 Å². The number of rotatable bonds is 6. The van der Waals surface area contributed by atoms with E-state index < -0.39 is 0 Å². The molecule has 1 N–H and O–H groups in total. The van der Waals surface area contributed by atoms with Crippen LogP contribution in [0.25, 0.3) is 0 Å². The summed E-state index contributed by atoms with van der Waals surface area (Å²) in [5.41, 5.74) is 1.04. The minimum Gasteiger partial charge on any atom is -0.436 e. The van der Waals surface area contributed by atoms with Crippen LogP contribution in [0.4, 0.5) is 0 Å². The first-order valence-corrected chi connectivity index (χ1v) is 7.65. The summed E-state index contributed by atoms with van der Waals surface area (Å²) in [5, 5.41) is 3.82. The second kappa shape index (κ2) is 7.62. The molecule has 0 amide bonds. The molecule has 1 aromatic heterocycles. The summed E-state index contributed by atoms with van der Waals surface area (Å²) in [6, 6.07) is 9.47. The van der Waals surface area contributed by atoms with E-state index in [1.54, 1.807) is 6.20 Å². The summed E-state index contributed by atoms with van der Waals surface area (Å²) in [4.78, 5) is 4.28. The molecule has 0 bridgehead atoms. The Bertz CT molecular complexity index is 578. The Hall–Kier alpha value is -1.10. The van der Waals surface area contributed by atoms with Gasteiger partial charge in [0, 0.05) is 12.7 Å². The Morgan fingerprint density at radius 1 is 1.35 bits per heavy atom. The standard InChI is InChI=1S/C15H16BrClN2O/c1-2-7-18-9-11-8-13(17)15(19-10-11)20-14-6-4-3-5-12(14)16/h3-6,8,10,18H,2,7,9H2,1H3. The normalized spacial score (nSPS) is 10.6. The molecule has 2 aromatic rings. The van der Waals surface area contributed by atoms with Crippen LogP contribution in [-0.4, -0.2) is 11.5 Å². The van der Waals surface area contributed by atoms with Crippen molar-refractivity contribution in [1.29, 1.82) is 0 Å². The lowest BCUT2D eigenvalue weighted by atomic mass is 10.3. The van der Waals surface area contributed by atoms with Crippen molar-refractivity contribution < 1.29 is 4.74 Å². The van der Waals surface area contributed by atoms with Crippen molar-refractivity contribution in [2.75, 3.05) is 6.54 Å². The molecule has 0 spiro atoms. The number of nitrogens with zero attached hydrogens (tertiary/aromatic N) is 1. The van der Waals surface area contributed by atoms with E-state index in [0.29, 0.717) is 16.7 Å². The van der Waals surface area contributed by atoms with Crippen molar-refractivity contribution in [3.8, 4) is 11.6 Å². The van der Waals surface area contributed by atoms with E-state index in [0.717, 1.165) is 29.5 Å². The summed E-state index contributed by atoms with van der Waals surface area (Å²) >= 11 is 9.64. The fraction of sp³-hybridized carbons (Fsp3) is 0.267. The Labute approximate surface area is 132 Å². The van der Waals surface area contributed by atoms with Crippen molar-refractivity contribution in [3.05, 3.63) is 51.6 Å². The lowest BCUT2D eigenvalue weighted by Crippen LogP contribution is -2.13. The van der Waals surface area contributed by atoms with Crippen molar-refractivity contribution in [3.63, 3.8) is 0 Å². The Kier molecular flexibility index (Phi) is 5.83. The number of pyridine rings is 1. The van der Waals surface area contributed by atoms with E-state index in [9.17, 15) is 0 Å². The third-order valence-electron chi connectivity index (χ3n) is 2.66. The lowest BCUT2D eigenvalue weighted by Gasteiger charge is -2.09. The number of halogens is 2. The minimum absolute atomic E-state index is 0.415. The highest BCUT2D eigenvalue weighted by atomic mass is 79.9. The van der Waals surface area contributed by atoms with Gasteiger partial charge in [-0.1, -0.05) is 30.7 Å². The smallest absolute Gasteiger partial charge is 0.238 e. The molecule has 1 heterocycles. The molecule has 0 unspecified atom stereocenters. The van der Waals surface area contributed by atoms with Crippen LogP contribution in [0.1, 0.15) is 18.9 Å². The molecule has 106 valence electrons. The molecule has 0 radical (unpaired) electrons. The Morgan fingerprint density at radius 2 is 2.15 bits per heavy atom. The fourth-order valence-electron chi connectivity index (χ4n) is 1.68. The quantitative estimate of drug-likeness (QED) is 0.757. The summed E-state index contributed by atoms with van der Waals surface area (Å²) in [6.45, 7) is 3.87. The first-order valence-electron chi connectivity index (χ1n) is 6.48. The second-order valence-corrected chi connectivity index (χ2v) is 5.60. The van der Waals surface area contributed by atoms with Gasteiger partial charge in [-0.15, -0.1) is 0 Å². The second-order valence-electron chi connectivity index (χ2n) is 4.34. The van der Waals surface area contributed by atoms with E-state index in [2.05, 4.69) is 33.2 Å². The zero-order chi connectivity index (χ0) is 14.4. The number of hydrogen-bond acceptors (Lipinski definition) is 3. The molecule has 0 aliphatic rings. The average molecular weight is 356 g/mol. The molecule has 3 nitrogen and oxygen atoms in total. The van der Waals surface area contributed by atoms with Gasteiger partial charge in [-0.05, 0) is 52.7 Å². The lowest BCUT2D eigenvalue weighted by molar-refractivity contribution is 0.459. The molecule has 1 aromatic carbocycles. The molecule has 0 atom stereocenters. The highest BCUT2D eigenvalue weighted by molar-refractivity contribution is 9.10. The van der Waals surface area contributed by atoms with Crippen molar-refractivity contribution in [1.82, 2.24) is 10.3 Å². The number of ether oxygens (including phenoxy) is 1. The minimum atomic E-state index is 0.415. The number of para-hydroxylation sites is 1. The molecule has 20 heavy (non-hydrogen) atoms. The van der Waals surface area contributed by atoms with Gasteiger partial charge in [-0.2, -0.15) is 0 Å².